The third-order valence-corrected chi connectivity index (χ3v) is 3.67. The summed E-state index contributed by atoms with van der Waals surface area (Å²) in [5.41, 5.74) is 1.95. The average Bonchev–Trinajstić information content (AvgIpc) is 2.42. The fourth-order valence-electron chi connectivity index (χ4n) is 1.90. The van der Waals surface area contributed by atoms with E-state index in [1.807, 2.05) is 31.2 Å². The van der Waals surface area contributed by atoms with E-state index in [4.69, 9.17) is 0 Å². The molecule has 0 aliphatic heterocycles. The Morgan fingerprint density at radius 2 is 1.85 bits per heavy atom. The molecule has 0 fully saturated rings. The quantitative estimate of drug-likeness (QED) is 0.885. The van der Waals surface area contributed by atoms with Crippen molar-refractivity contribution in [2.24, 2.45) is 0 Å². The molecular weight excluding hydrogens is 321 g/mol. The van der Waals surface area contributed by atoms with Gasteiger partial charge in [0, 0.05) is 10.0 Å². The Morgan fingerprint density at radius 1 is 1.20 bits per heavy atom. The van der Waals surface area contributed by atoms with Gasteiger partial charge in [0.05, 0.1) is 6.04 Å². The number of carbonyl (C=O) groups excluding carboxylic acids is 1. The van der Waals surface area contributed by atoms with E-state index >= 15 is 0 Å². The summed E-state index contributed by atoms with van der Waals surface area (Å²) in [6.45, 7) is 3.56. The summed E-state index contributed by atoms with van der Waals surface area (Å²) in [6, 6.07) is 12.0. The predicted octanol–water partition coefficient (Wildman–Crippen LogP) is 4.39. The lowest BCUT2D eigenvalue weighted by Gasteiger charge is -2.14. The Bertz CT molecular complexity index is 625. The molecule has 104 valence electrons. The first-order valence-corrected chi connectivity index (χ1v) is 7.09. The summed E-state index contributed by atoms with van der Waals surface area (Å²) in [7, 11) is 0. The molecule has 0 saturated heterocycles. The lowest BCUT2D eigenvalue weighted by atomic mass is 10.1. The highest BCUT2D eigenvalue weighted by Crippen LogP contribution is 2.17. The fourth-order valence-corrected chi connectivity index (χ4v) is 2.17. The predicted molar refractivity (Wildman–Crippen MR) is 81.2 cm³/mol. The fraction of sp³-hybridized carbons (Fsp3) is 0.188. The molecule has 2 aromatic carbocycles. The van der Waals surface area contributed by atoms with E-state index in [0.717, 1.165) is 10.0 Å². The second-order valence-corrected chi connectivity index (χ2v) is 5.63. The van der Waals surface area contributed by atoms with Gasteiger partial charge in [-0.2, -0.15) is 0 Å². The molecule has 2 aromatic rings. The molecule has 1 atom stereocenters. The number of benzene rings is 2. The van der Waals surface area contributed by atoms with Gasteiger partial charge in [0.1, 0.15) is 5.82 Å². The van der Waals surface area contributed by atoms with Crippen LogP contribution in [0.3, 0.4) is 0 Å². The topological polar surface area (TPSA) is 29.1 Å². The van der Waals surface area contributed by atoms with Crippen LogP contribution in [0.2, 0.25) is 0 Å². The Labute approximate surface area is 126 Å². The zero-order valence-electron chi connectivity index (χ0n) is 11.3. The van der Waals surface area contributed by atoms with Crippen LogP contribution in [0, 0.1) is 12.7 Å². The molecule has 0 aliphatic rings. The molecule has 0 heterocycles. The number of halogens is 2. The second-order valence-electron chi connectivity index (χ2n) is 4.71. The van der Waals surface area contributed by atoms with Crippen LogP contribution in [-0.2, 0) is 0 Å². The third kappa shape index (κ3) is 3.45. The van der Waals surface area contributed by atoms with Crippen LogP contribution >= 0.6 is 15.9 Å². The number of aryl methyl sites for hydroxylation is 1. The van der Waals surface area contributed by atoms with Gasteiger partial charge in [-0.1, -0.05) is 28.1 Å². The Hall–Kier alpha value is -1.68. The first kappa shape index (κ1) is 14.7. The number of carbonyl (C=O) groups is 1. The van der Waals surface area contributed by atoms with Crippen molar-refractivity contribution in [2.45, 2.75) is 19.9 Å². The Kier molecular flexibility index (Phi) is 4.55. The lowest BCUT2D eigenvalue weighted by molar-refractivity contribution is 0.0939. The number of amides is 1. The molecular formula is C16H15BrFNO. The van der Waals surface area contributed by atoms with Crippen molar-refractivity contribution in [3.63, 3.8) is 0 Å². The molecule has 0 bridgehead atoms. The van der Waals surface area contributed by atoms with Crippen molar-refractivity contribution in [3.8, 4) is 0 Å². The molecule has 2 rings (SSSR count). The van der Waals surface area contributed by atoms with Gasteiger partial charge in [-0.25, -0.2) is 4.39 Å². The highest BCUT2D eigenvalue weighted by atomic mass is 79.9. The molecule has 0 saturated carbocycles. The molecule has 0 aliphatic carbocycles. The van der Waals surface area contributed by atoms with E-state index in [9.17, 15) is 9.18 Å². The van der Waals surface area contributed by atoms with E-state index < -0.39 is 0 Å². The maximum absolute atomic E-state index is 13.2. The smallest absolute Gasteiger partial charge is 0.251 e. The highest BCUT2D eigenvalue weighted by Gasteiger charge is 2.12. The summed E-state index contributed by atoms with van der Waals surface area (Å²) >= 11 is 3.37. The Balaban J connectivity index is 2.10. The molecule has 1 unspecified atom stereocenters. The molecule has 2 nitrogen and oxygen atoms in total. The van der Waals surface area contributed by atoms with Gasteiger partial charge in [-0.05, 0) is 55.3 Å². The van der Waals surface area contributed by atoms with Crippen molar-refractivity contribution >= 4 is 21.8 Å². The van der Waals surface area contributed by atoms with Gasteiger partial charge < -0.3 is 5.32 Å². The monoisotopic (exact) mass is 335 g/mol. The van der Waals surface area contributed by atoms with Crippen LogP contribution in [0.25, 0.3) is 0 Å². The van der Waals surface area contributed by atoms with Crippen LogP contribution in [0.1, 0.15) is 34.5 Å². The van der Waals surface area contributed by atoms with Gasteiger partial charge in [0.15, 0.2) is 0 Å². The normalized spacial score (nSPS) is 12.0. The Morgan fingerprint density at radius 3 is 2.45 bits per heavy atom. The molecule has 20 heavy (non-hydrogen) atoms. The number of rotatable bonds is 3. The zero-order chi connectivity index (χ0) is 14.7. The summed E-state index contributed by atoms with van der Waals surface area (Å²) in [5.74, 6) is -0.508. The minimum atomic E-state index is -0.303. The molecule has 1 N–H and O–H groups in total. The largest absolute Gasteiger partial charge is 0.346 e. The van der Waals surface area contributed by atoms with Crippen molar-refractivity contribution in [3.05, 3.63) is 69.4 Å². The van der Waals surface area contributed by atoms with Gasteiger partial charge in [0.25, 0.3) is 5.91 Å². The summed E-state index contributed by atoms with van der Waals surface area (Å²) < 4.78 is 14.2. The van der Waals surface area contributed by atoms with E-state index in [1.54, 1.807) is 13.0 Å². The molecule has 0 spiro atoms. The SMILES string of the molecule is Cc1cc(C(=O)NC(C)c2ccc(Br)cc2)ccc1F. The highest BCUT2D eigenvalue weighted by molar-refractivity contribution is 9.10. The van der Waals surface area contributed by atoms with Crippen molar-refractivity contribution in [2.75, 3.05) is 0 Å². The van der Waals surface area contributed by atoms with Gasteiger partial charge >= 0.3 is 0 Å². The van der Waals surface area contributed by atoms with Crippen molar-refractivity contribution in [1.29, 1.82) is 0 Å². The van der Waals surface area contributed by atoms with Crippen LogP contribution < -0.4 is 5.32 Å². The number of hydrogen-bond acceptors (Lipinski definition) is 1. The summed E-state index contributed by atoms with van der Waals surface area (Å²) in [4.78, 5) is 12.1. The number of nitrogens with one attached hydrogen (secondary N) is 1. The molecule has 0 radical (unpaired) electrons. The summed E-state index contributed by atoms with van der Waals surface area (Å²) in [6.07, 6.45) is 0. The molecule has 0 aromatic heterocycles. The van der Waals surface area contributed by atoms with Crippen molar-refractivity contribution < 1.29 is 9.18 Å². The van der Waals surface area contributed by atoms with Crippen LogP contribution in [-0.4, -0.2) is 5.91 Å². The van der Waals surface area contributed by atoms with E-state index in [1.165, 1.54) is 12.1 Å². The first-order valence-electron chi connectivity index (χ1n) is 6.30. The summed E-state index contributed by atoms with van der Waals surface area (Å²) in [5, 5.41) is 2.90. The first-order chi connectivity index (χ1) is 9.47. The minimum absolute atomic E-state index is 0.110. The minimum Gasteiger partial charge on any atom is -0.346 e. The average molecular weight is 336 g/mol. The number of hydrogen-bond donors (Lipinski definition) is 1. The maximum atomic E-state index is 13.2. The second kappa shape index (κ2) is 6.18. The van der Waals surface area contributed by atoms with Crippen LogP contribution in [0.4, 0.5) is 4.39 Å². The lowest BCUT2D eigenvalue weighted by Crippen LogP contribution is -2.26. The zero-order valence-corrected chi connectivity index (χ0v) is 12.9. The third-order valence-electron chi connectivity index (χ3n) is 3.14. The molecule has 4 heteroatoms. The van der Waals surface area contributed by atoms with Gasteiger partial charge in [0.2, 0.25) is 0 Å². The van der Waals surface area contributed by atoms with Gasteiger partial charge in [-0.3, -0.25) is 4.79 Å². The van der Waals surface area contributed by atoms with Crippen molar-refractivity contribution in [1.82, 2.24) is 5.32 Å². The standard InChI is InChI=1S/C16H15BrFNO/c1-10-9-13(5-8-15(10)18)16(20)19-11(2)12-3-6-14(17)7-4-12/h3-9,11H,1-2H3,(H,19,20). The van der Waals surface area contributed by atoms with Crippen LogP contribution in [0.15, 0.2) is 46.9 Å². The van der Waals surface area contributed by atoms with E-state index in [2.05, 4.69) is 21.2 Å². The molecule has 1 amide bonds. The van der Waals surface area contributed by atoms with E-state index in [0.29, 0.717) is 11.1 Å². The van der Waals surface area contributed by atoms with E-state index in [-0.39, 0.29) is 17.8 Å². The van der Waals surface area contributed by atoms with Crippen LogP contribution in [0.5, 0.6) is 0 Å². The van der Waals surface area contributed by atoms with Gasteiger partial charge in [-0.15, -0.1) is 0 Å². The maximum Gasteiger partial charge on any atom is 0.251 e.